The van der Waals surface area contributed by atoms with E-state index < -0.39 is 0 Å². The lowest BCUT2D eigenvalue weighted by atomic mass is 9.82. The molecule has 0 atom stereocenters. The Morgan fingerprint density at radius 3 is 2.09 bits per heavy atom. The van der Waals surface area contributed by atoms with Gasteiger partial charge in [0.25, 0.3) is 0 Å². The molecule has 1 aliphatic heterocycles. The van der Waals surface area contributed by atoms with E-state index in [0.29, 0.717) is 0 Å². The first-order valence-corrected chi connectivity index (χ1v) is 20.4. The maximum absolute atomic E-state index is 5.46. The van der Waals surface area contributed by atoms with Crippen molar-refractivity contribution in [1.82, 2.24) is 0 Å². The summed E-state index contributed by atoms with van der Waals surface area (Å²) in [5.41, 5.74) is 13.4. The molecule has 56 heavy (non-hydrogen) atoms. The summed E-state index contributed by atoms with van der Waals surface area (Å²) < 4.78 is 2.58. The number of thiophene rings is 1. The number of rotatable bonds is 4. The first kappa shape index (κ1) is 33.0. The van der Waals surface area contributed by atoms with E-state index in [4.69, 9.17) is 9.98 Å². The number of aliphatic imine (C=N–C) groups is 2. The van der Waals surface area contributed by atoms with Crippen molar-refractivity contribution in [2.75, 3.05) is 0 Å². The summed E-state index contributed by atoms with van der Waals surface area (Å²) in [5, 5.41) is 7.57. The zero-order valence-electron chi connectivity index (χ0n) is 31.4. The quantitative estimate of drug-likeness (QED) is 0.172. The van der Waals surface area contributed by atoms with Gasteiger partial charge in [-0.2, -0.15) is 0 Å². The van der Waals surface area contributed by atoms with Crippen LogP contribution in [0.1, 0.15) is 54.5 Å². The van der Waals surface area contributed by atoms with Gasteiger partial charge in [-0.25, -0.2) is 9.98 Å². The van der Waals surface area contributed by atoms with Crippen LogP contribution in [0.25, 0.3) is 69.7 Å². The Labute approximate surface area is 330 Å². The Morgan fingerprint density at radius 2 is 1.20 bits per heavy atom. The molecule has 1 aromatic heterocycles. The van der Waals surface area contributed by atoms with Crippen LogP contribution < -0.4 is 0 Å². The lowest BCUT2D eigenvalue weighted by Gasteiger charge is -2.21. The molecule has 2 aliphatic rings. The highest BCUT2D eigenvalue weighted by atomic mass is 32.1. The van der Waals surface area contributed by atoms with Crippen LogP contribution in [0.15, 0.2) is 180 Å². The molecule has 0 radical (unpaired) electrons. The molecule has 0 saturated carbocycles. The molecule has 2 heterocycles. The Bertz CT molecular complexity index is 3160. The van der Waals surface area contributed by atoms with E-state index in [1.807, 2.05) is 11.3 Å². The molecule has 0 saturated heterocycles. The zero-order chi connectivity index (χ0) is 37.4. The van der Waals surface area contributed by atoms with Crippen LogP contribution in [-0.2, 0) is 5.41 Å². The molecule has 0 N–H and O–H groups in total. The number of amidine groups is 1. The Morgan fingerprint density at radius 1 is 0.482 bits per heavy atom. The van der Waals surface area contributed by atoms with Gasteiger partial charge in [-0.1, -0.05) is 153 Å². The number of nitrogens with zero attached hydrogens (tertiary/aromatic N) is 2. The summed E-state index contributed by atoms with van der Waals surface area (Å²) >= 11 is 1.88. The van der Waals surface area contributed by atoms with Gasteiger partial charge in [-0.15, -0.1) is 11.3 Å². The minimum Gasteiger partial charge on any atom is -0.232 e. The van der Waals surface area contributed by atoms with Gasteiger partial charge < -0.3 is 0 Å². The van der Waals surface area contributed by atoms with Gasteiger partial charge in [0.15, 0.2) is 5.84 Å². The topological polar surface area (TPSA) is 24.7 Å². The molecule has 2 nitrogen and oxygen atoms in total. The van der Waals surface area contributed by atoms with Crippen molar-refractivity contribution in [1.29, 1.82) is 0 Å². The van der Waals surface area contributed by atoms with Gasteiger partial charge in [0, 0.05) is 42.3 Å². The minimum atomic E-state index is -0.00110. The fourth-order valence-corrected chi connectivity index (χ4v) is 10.3. The standard InChI is InChI=1S/C53H38N2S/c1-53(2)45-20-11-10-18-40(45)42-30-36(25-27-46(42)53)37-26-28-49-44(31-37)51-41-19-9-8-17-39(41)43(32-50(51)56-49)48-22-12-21-47(54-52(55-48)34-14-4-3-5-15-34)38-24-23-33-13-6-7-16-35(33)29-38/h3-11,13-21,23-32H,12,22H2,1-2H3/b47-21-,54-52-,55-48+. The van der Waals surface area contributed by atoms with Crippen molar-refractivity contribution in [3.63, 3.8) is 0 Å². The number of fused-ring (bicyclic) bond motifs is 9. The highest BCUT2D eigenvalue weighted by Gasteiger charge is 2.35. The van der Waals surface area contributed by atoms with Crippen LogP contribution in [-0.4, -0.2) is 11.5 Å². The van der Waals surface area contributed by atoms with Gasteiger partial charge in [0.05, 0.1) is 11.4 Å². The molecule has 0 bridgehead atoms. The largest absolute Gasteiger partial charge is 0.232 e. The third kappa shape index (κ3) is 5.30. The molecule has 9 aromatic rings. The molecule has 8 aromatic carbocycles. The minimum absolute atomic E-state index is 0.00110. The molecular formula is C53H38N2S. The third-order valence-corrected chi connectivity index (χ3v) is 13.1. The fraction of sp³-hybridized carbons (Fsp3) is 0.0943. The van der Waals surface area contributed by atoms with Crippen molar-refractivity contribution in [3.8, 4) is 22.3 Å². The summed E-state index contributed by atoms with van der Waals surface area (Å²) in [6, 6.07) is 59.9. The van der Waals surface area contributed by atoms with Gasteiger partial charge in [0.2, 0.25) is 0 Å². The molecular weight excluding hydrogens is 697 g/mol. The first-order chi connectivity index (χ1) is 27.5. The number of hydrogen-bond donors (Lipinski definition) is 0. The fourth-order valence-electron chi connectivity index (χ4n) is 9.12. The first-order valence-electron chi connectivity index (χ1n) is 19.5. The molecule has 0 unspecified atom stereocenters. The number of hydrogen-bond acceptors (Lipinski definition) is 3. The monoisotopic (exact) mass is 734 g/mol. The summed E-state index contributed by atoms with van der Waals surface area (Å²) in [7, 11) is 0. The second-order valence-electron chi connectivity index (χ2n) is 15.6. The lowest BCUT2D eigenvalue weighted by molar-refractivity contribution is 0.660. The van der Waals surface area contributed by atoms with Gasteiger partial charge in [-0.3, -0.25) is 0 Å². The van der Waals surface area contributed by atoms with E-state index in [1.165, 1.54) is 80.7 Å². The lowest BCUT2D eigenvalue weighted by Crippen LogP contribution is -2.14. The highest BCUT2D eigenvalue weighted by molar-refractivity contribution is 7.26. The van der Waals surface area contributed by atoms with Crippen LogP contribution in [0, 0.1) is 0 Å². The molecule has 0 spiro atoms. The maximum atomic E-state index is 5.46. The van der Waals surface area contributed by atoms with Crippen molar-refractivity contribution >= 4 is 70.3 Å². The van der Waals surface area contributed by atoms with E-state index in [-0.39, 0.29) is 5.41 Å². The van der Waals surface area contributed by atoms with E-state index in [1.54, 1.807) is 0 Å². The Kier molecular flexibility index (Phi) is 7.55. The molecule has 266 valence electrons. The van der Waals surface area contributed by atoms with E-state index in [2.05, 4.69) is 184 Å². The normalized spacial score (nSPS) is 17.7. The molecule has 11 rings (SSSR count). The molecule has 0 amide bonds. The van der Waals surface area contributed by atoms with E-state index in [0.717, 1.165) is 41.2 Å². The SMILES string of the molecule is CC1(C)c2ccccc2-c2cc(-c3ccc4sc5cc(/C6=N/C(c7ccccc7)=N\C(c7ccc8ccccc8c7)=C/CC6)c6ccccc6c5c4c3)ccc21. The average Bonchev–Trinajstić information content (AvgIpc) is 3.72. The summed E-state index contributed by atoms with van der Waals surface area (Å²) in [4.78, 5) is 10.8. The maximum Gasteiger partial charge on any atom is 0.160 e. The van der Waals surface area contributed by atoms with Crippen molar-refractivity contribution < 1.29 is 0 Å². The summed E-state index contributed by atoms with van der Waals surface area (Å²) in [5.74, 6) is 0.741. The smallest absolute Gasteiger partial charge is 0.160 e. The van der Waals surface area contributed by atoms with Gasteiger partial charge in [0.1, 0.15) is 0 Å². The summed E-state index contributed by atoms with van der Waals surface area (Å²) in [6.45, 7) is 4.69. The second-order valence-corrected chi connectivity index (χ2v) is 16.7. The zero-order valence-corrected chi connectivity index (χ0v) is 32.2. The predicted octanol–water partition coefficient (Wildman–Crippen LogP) is 14.4. The van der Waals surface area contributed by atoms with E-state index >= 15 is 0 Å². The van der Waals surface area contributed by atoms with Crippen LogP contribution in [0.2, 0.25) is 0 Å². The van der Waals surface area contributed by atoms with Gasteiger partial charge >= 0.3 is 0 Å². The summed E-state index contributed by atoms with van der Waals surface area (Å²) in [6.07, 6.45) is 3.95. The van der Waals surface area contributed by atoms with Gasteiger partial charge in [-0.05, 0) is 98.1 Å². The van der Waals surface area contributed by atoms with Crippen LogP contribution >= 0.6 is 11.3 Å². The average molecular weight is 735 g/mol. The van der Waals surface area contributed by atoms with Crippen molar-refractivity contribution in [3.05, 3.63) is 198 Å². The number of benzene rings is 8. The Balaban J connectivity index is 1.05. The van der Waals surface area contributed by atoms with Crippen LogP contribution in [0.3, 0.4) is 0 Å². The van der Waals surface area contributed by atoms with Crippen molar-refractivity contribution in [2.45, 2.75) is 32.1 Å². The molecule has 0 fully saturated rings. The molecule has 3 heteroatoms. The predicted molar refractivity (Wildman–Crippen MR) is 241 cm³/mol. The van der Waals surface area contributed by atoms with Crippen molar-refractivity contribution in [2.24, 2.45) is 9.98 Å². The highest BCUT2D eigenvalue weighted by Crippen LogP contribution is 2.50. The second kappa shape index (κ2) is 12.8. The van der Waals surface area contributed by atoms with E-state index in [9.17, 15) is 0 Å². The number of allylic oxidation sites excluding steroid dienone is 1. The van der Waals surface area contributed by atoms with Crippen LogP contribution in [0.5, 0.6) is 0 Å². The van der Waals surface area contributed by atoms with Crippen LogP contribution in [0.4, 0.5) is 0 Å². The molecule has 1 aliphatic carbocycles. The Hall–Kier alpha value is -6.42. The third-order valence-electron chi connectivity index (χ3n) is 12.0.